The summed E-state index contributed by atoms with van der Waals surface area (Å²) in [5.74, 6) is -0.0472. The standard InChI is InChI=1S/C12H12O3/c1-7(13)9-3-2-8-4-5-11(14)12(15)10(8)6-9/h2-6,11-12,14-15H,1H3/t11-,12+/m0/s1. The number of carbonyl (C=O) groups is 1. The van der Waals surface area contributed by atoms with Gasteiger partial charge in [0.2, 0.25) is 0 Å². The maximum atomic E-state index is 11.2. The van der Waals surface area contributed by atoms with E-state index in [2.05, 4.69) is 0 Å². The Morgan fingerprint density at radius 2 is 2.07 bits per heavy atom. The van der Waals surface area contributed by atoms with Crippen LogP contribution in [0.15, 0.2) is 24.3 Å². The van der Waals surface area contributed by atoms with Crippen molar-refractivity contribution >= 4 is 11.9 Å². The van der Waals surface area contributed by atoms with Crippen LogP contribution in [0.4, 0.5) is 0 Å². The van der Waals surface area contributed by atoms with Crippen molar-refractivity contribution in [2.45, 2.75) is 19.1 Å². The fraction of sp³-hybridized carbons (Fsp3) is 0.250. The van der Waals surface area contributed by atoms with E-state index in [4.69, 9.17) is 0 Å². The van der Waals surface area contributed by atoms with Crippen LogP contribution in [-0.2, 0) is 0 Å². The molecule has 0 bridgehead atoms. The lowest BCUT2D eigenvalue weighted by Crippen LogP contribution is -2.19. The lowest BCUT2D eigenvalue weighted by molar-refractivity contribution is 0.0469. The molecule has 3 nitrogen and oxygen atoms in total. The van der Waals surface area contributed by atoms with E-state index >= 15 is 0 Å². The third-order valence-electron chi connectivity index (χ3n) is 2.61. The first-order valence-electron chi connectivity index (χ1n) is 4.79. The highest BCUT2D eigenvalue weighted by atomic mass is 16.3. The van der Waals surface area contributed by atoms with Gasteiger partial charge in [-0.1, -0.05) is 24.3 Å². The zero-order chi connectivity index (χ0) is 11.0. The summed E-state index contributed by atoms with van der Waals surface area (Å²) in [6.07, 6.45) is 1.46. The molecule has 0 aliphatic heterocycles. The smallest absolute Gasteiger partial charge is 0.159 e. The van der Waals surface area contributed by atoms with Gasteiger partial charge >= 0.3 is 0 Å². The van der Waals surface area contributed by atoms with Gasteiger partial charge in [-0.15, -0.1) is 0 Å². The fourth-order valence-electron chi connectivity index (χ4n) is 1.69. The summed E-state index contributed by atoms with van der Waals surface area (Å²) in [6.45, 7) is 1.48. The lowest BCUT2D eigenvalue weighted by Gasteiger charge is -2.22. The summed E-state index contributed by atoms with van der Waals surface area (Å²) >= 11 is 0. The predicted molar refractivity (Wildman–Crippen MR) is 56.4 cm³/mol. The third-order valence-corrected chi connectivity index (χ3v) is 2.61. The van der Waals surface area contributed by atoms with E-state index in [0.29, 0.717) is 11.1 Å². The maximum Gasteiger partial charge on any atom is 0.159 e. The second kappa shape index (κ2) is 3.61. The number of carbonyl (C=O) groups excluding carboxylic acids is 1. The molecular formula is C12H12O3. The van der Waals surface area contributed by atoms with E-state index in [1.807, 2.05) is 0 Å². The number of aliphatic hydroxyl groups is 2. The van der Waals surface area contributed by atoms with Crippen LogP contribution in [0.1, 0.15) is 34.5 Å². The number of fused-ring (bicyclic) bond motifs is 1. The Balaban J connectivity index is 2.52. The zero-order valence-electron chi connectivity index (χ0n) is 8.34. The van der Waals surface area contributed by atoms with Gasteiger partial charge in [-0.25, -0.2) is 0 Å². The molecule has 2 atom stereocenters. The molecule has 15 heavy (non-hydrogen) atoms. The van der Waals surface area contributed by atoms with Crippen LogP contribution >= 0.6 is 0 Å². The van der Waals surface area contributed by atoms with Gasteiger partial charge in [-0.3, -0.25) is 4.79 Å². The molecule has 0 spiro atoms. The van der Waals surface area contributed by atoms with Crippen molar-refractivity contribution in [3.8, 4) is 0 Å². The largest absolute Gasteiger partial charge is 0.386 e. The minimum Gasteiger partial charge on any atom is -0.386 e. The Morgan fingerprint density at radius 3 is 2.73 bits per heavy atom. The van der Waals surface area contributed by atoms with Crippen molar-refractivity contribution in [1.82, 2.24) is 0 Å². The molecular weight excluding hydrogens is 192 g/mol. The van der Waals surface area contributed by atoms with E-state index in [1.165, 1.54) is 6.92 Å². The Hall–Kier alpha value is -1.45. The summed E-state index contributed by atoms with van der Waals surface area (Å²) in [5, 5.41) is 19.2. The lowest BCUT2D eigenvalue weighted by atomic mass is 9.91. The molecule has 0 heterocycles. The van der Waals surface area contributed by atoms with Crippen molar-refractivity contribution in [1.29, 1.82) is 0 Å². The maximum absolute atomic E-state index is 11.2. The number of aliphatic hydroxyl groups excluding tert-OH is 2. The van der Waals surface area contributed by atoms with Crippen molar-refractivity contribution < 1.29 is 15.0 Å². The van der Waals surface area contributed by atoms with Gasteiger partial charge in [0.1, 0.15) is 12.2 Å². The number of hydrogen-bond acceptors (Lipinski definition) is 3. The molecule has 0 unspecified atom stereocenters. The number of Topliss-reactive ketones (excluding diaryl/α,β-unsaturated/α-hetero) is 1. The fourth-order valence-corrected chi connectivity index (χ4v) is 1.69. The van der Waals surface area contributed by atoms with E-state index in [9.17, 15) is 15.0 Å². The van der Waals surface area contributed by atoms with Gasteiger partial charge in [-0.05, 0) is 24.1 Å². The molecule has 2 rings (SSSR count). The molecule has 0 aromatic heterocycles. The van der Waals surface area contributed by atoms with Crippen LogP contribution in [0.3, 0.4) is 0 Å². The highest BCUT2D eigenvalue weighted by Crippen LogP contribution is 2.28. The van der Waals surface area contributed by atoms with E-state index in [1.54, 1.807) is 30.4 Å². The Labute approximate surface area is 87.7 Å². The van der Waals surface area contributed by atoms with Crippen LogP contribution in [0.2, 0.25) is 0 Å². The predicted octanol–water partition coefficient (Wildman–Crippen LogP) is 1.31. The van der Waals surface area contributed by atoms with Gasteiger partial charge < -0.3 is 10.2 Å². The summed E-state index contributed by atoms with van der Waals surface area (Å²) in [6, 6.07) is 5.13. The average molecular weight is 204 g/mol. The molecule has 78 valence electrons. The SMILES string of the molecule is CC(=O)c1ccc2c(c1)[C@@H](O)[C@@H](O)C=C2. The number of hydrogen-bond donors (Lipinski definition) is 2. The number of ketones is 1. The molecule has 1 aromatic rings. The van der Waals surface area contributed by atoms with Crippen molar-refractivity contribution in [2.75, 3.05) is 0 Å². The van der Waals surface area contributed by atoms with Gasteiger partial charge in [0.25, 0.3) is 0 Å². The minimum atomic E-state index is -0.940. The molecule has 0 saturated heterocycles. The first-order valence-corrected chi connectivity index (χ1v) is 4.79. The molecule has 0 fully saturated rings. The van der Waals surface area contributed by atoms with Crippen LogP contribution in [0, 0.1) is 0 Å². The number of rotatable bonds is 1. The average Bonchev–Trinajstić information content (AvgIpc) is 2.23. The highest BCUT2D eigenvalue weighted by molar-refractivity contribution is 5.94. The molecule has 0 radical (unpaired) electrons. The highest BCUT2D eigenvalue weighted by Gasteiger charge is 2.22. The minimum absolute atomic E-state index is 0.0472. The van der Waals surface area contributed by atoms with Crippen LogP contribution < -0.4 is 0 Å². The van der Waals surface area contributed by atoms with Crippen molar-refractivity contribution in [2.24, 2.45) is 0 Å². The van der Waals surface area contributed by atoms with Crippen molar-refractivity contribution in [3.63, 3.8) is 0 Å². The van der Waals surface area contributed by atoms with Gasteiger partial charge in [-0.2, -0.15) is 0 Å². The molecule has 1 aromatic carbocycles. The monoisotopic (exact) mass is 204 g/mol. The van der Waals surface area contributed by atoms with Crippen LogP contribution in [0.25, 0.3) is 6.08 Å². The summed E-state index contributed by atoms with van der Waals surface area (Å²) in [7, 11) is 0. The molecule has 0 saturated carbocycles. The van der Waals surface area contributed by atoms with Crippen LogP contribution in [0.5, 0.6) is 0 Å². The van der Waals surface area contributed by atoms with Gasteiger partial charge in [0.15, 0.2) is 5.78 Å². The second-order valence-corrected chi connectivity index (χ2v) is 3.69. The first-order chi connectivity index (χ1) is 7.09. The normalized spacial score (nSPS) is 23.7. The summed E-state index contributed by atoms with van der Waals surface area (Å²) in [5.41, 5.74) is 2.01. The molecule has 1 aliphatic carbocycles. The van der Waals surface area contributed by atoms with Crippen molar-refractivity contribution in [3.05, 3.63) is 41.0 Å². The van der Waals surface area contributed by atoms with Crippen LogP contribution in [-0.4, -0.2) is 22.1 Å². The Bertz CT molecular complexity index is 434. The quantitative estimate of drug-likeness (QED) is 0.678. The topological polar surface area (TPSA) is 57.5 Å². The number of benzene rings is 1. The summed E-state index contributed by atoms with van der Waals surface area (Å²) < 4.78 is 0. The first kappa shape index (κ1) is 10.1. The Kier molecular flexibility index (Phi) is 2.42. The zero-order valence-corrected chi connectivity index (χ0v) is 8.34. The van der Waals surface area contributed by atoms with E-state index < -0.39 is 12.2 Å². The third kappa shape index (κ3) is 1.71. The van der Waals surface area contributed by atoms with E-state index in [0.717, 1.165) is 5.56 Å². The van der Waals surface area contributed by atoms with Gasteiger partial charge in [0, 0.05) is 5.56 Å². The molecule has 1 aliphatic rings. The molecule has 2 N–H and O–H groups in total. The van der Waals surface area contributed by atoms with Gasteiger partial charge in [0.05, 0.1) is 0 Å². The Morgan fingerprint density at radius 1 is 1.33 bits per heavy atom. The molecule has 3 heteroatoms. The molecule has 0 amide bonds. The van der Waals surface area contributed by atoms with E-state index in [-0.39, 0.29) is 5.78 Å². The second-order valence-electron chi connectivity index (χ2n) is 3.69. The summed E-state index contributed by atoms with van der Waals surface area (Å²) in [4.78, 5) is 11.2.